The second-order valence-electron chi connectivity index (χ2n) is 4.53. The number of hydrogen-bond donors (Lipinski definition) is 1. The van der Waals surface area contributed by atoms with Crippen molar-refractivity contribution in [3.63, 3.8) is 0 Å². The first-order valence-corrected chi connectivity index (χ1v) is 7.53. The molecule has 1 aromatic rings. The Morgan fingerprint density at radius 3 is 2.74 bits per heavy atom. The number of thiocarbonyl (C=S) groups is 1. The molecule has 0 aliphatic heterocycles. The van der Waals surface area contributed by atoms with Crippen LogP contribution in [0.5, 0.6) is 0 Å². The van der Waals surface area contributed by atoms with E-state index in [1.54, 1.807) is 19.1 Å². The van der Waals surface area contributed by atoms with E-state index >= 15 is 0 Å². The second kappa shape index (κ2) is 8.46. The summed E-state index contributed by atoms with van der Waals surface area (Å²) in [6.07, 6.45) is 0. The fourth-order valence-electron chi connectivity index (χ4n) is 1.71. The van der Waals surface area contributed by atoms with Crippen molar-refractivity contribution in [1.82, 2.24) is 5.32 Å². The van der Waals surface area contributed by atoms with Gasteiger partial charge in [-0.15, -0.1) is 0 Å². The summed E-state index contributed by atoms with van der Waals surface area (Å²) < 4.78 is 4.65. The van der Waals surface area contributed by atoms with E-state index in [4.69, 9.17) is 30.4 Å². The lowest BCUT2D eigenvalue weighted by molar-refractivity contribution is -0.132. The number of ether oxygens (including phenoxy) is 1. The quantitative estimate of drug-likeness (QED) is 0.296. The maximum Gasteiger partial charge on any atom is 0.353 e. The molecule has 23 heavy (non-hydrogen) atoms. The summed E-state index contributed by atoms with van der Waals surface area (Å²) in [6, 6.07) is 3.25. The Labute approximate surface area is 145 Å². The summed E-state index contributed by atoms with van der Waals surface area (Å²) in [4.78, 5) is 15.0. The Kier molecular flexibility index (Phi) is 6.94. The SMILES string of the molecule is [C-]#[N+]c1cc(Cl)c(N(N=C(C)C(=O)OC)C(=S)NCC)cc1C. The highest BCUT2D eigenvalue weighted by atomic mass is 35.5. The number of hydrogen-bond acceptors (Lipinski definition) is 4. The van der Waals surface area contributed by atoms with Crippen LogP contribution in [0.1, 0.15) is 19.4 Å². The lowest BCUT2D eigenvalue weighted by Crippen LogP contribution is -2.37. The van der Waals surface area contributed by atoms with Crippen LogP contribution in [0.4, 0.5) is 11.4 Å². The molecular formula is C15H17ClN4O2S. The van der Waals surface area contributed by atoms with Crippen LogP contribution in [0, 0.1) is 13.5 Å². The third-order valence-corrected chi connectivity index (χ3v) is 3.49. The van der Waals surface area contributed by atoms with Crippen LogP contribution in [-0.2, 0) is 9.53 Å². The van der Waals surface area contributed by atoms with Gasteiger partial charge in [0.2, 0.25) is 0 Å². The van der Waals surface area contributed by atoms with Crippen LogP contribution in [0.3, 0.4) is 0 Å². The van der Waals surface area contributed by atoms with Gasteiger partial charge in [-0.2, -0.15) is 5.10 Å². The molecule has 6 nitrogen and oxygen atoms in total. The second-order valence-corrected chi connectivity index (χ2v) is 5.32. The number of carbonyl (C=O) groups excluding carboxylic acids is 1. The van der Waals surface area contributed by atoms with Gasteiger partial charge < -0.3 is 10.1 Å². The molecule has 0 saturated carbocycles. The van der Waals surface area contributed by atoms with Gasteiger partial charge in [-0.05, 0) is 50.7 Å². The van der Waals surface area contributed by atoms with Gasteiger partial charge in [0.05, 0.1) is 24.4 Å². The molecule has 0 amide bonds. The number of aryl methyl sites for hydroxylation is 1. The van der Waals surface area contributed by atoms with Gasteiger partial charge in [0.1, 0.15) is 5.71 Å². The fourth-order valence-corrected chi connectivity index (χ4v) is 2.23. The number of nitrogens with one attached hydrogen (secondary N) is 1. The number of halogens is 1. The number of carbonyl (C=O) groups is 1. The number of anilines is 1. The summed E-state index contributed by atoms with van der Waals surface area (Å²) in [5, 5.41) is 9.11. The van der Waals surface area contributed by atoms with Crippen LogP contribution in [0.25, 0.3) is 4.85 Å². The van der Waals surface area contributed by atoms with E-state index in [2.05, 4.69) is 20.0 Å². The van der Waals surface area contributed by atoms with Crippen molar-refractivity contribution >= 4 is 52.0 Å². The normalized spacial score (nSPS) is 10.7. The van der Waals surface area contributed by atoms with E-state index < -0.39 is 5.97 Å². The van der Waals surface area contributed by atoms with Gasteiger partial charge in [-0.1, -0.05) is 11.6 Å². The molecule has 0 bridgehead atoms. The van der Waals surface area contributed by atoms with Crippen LogP contribution in [0.15, 0.2) is 17.2 Å². The van der Waals surface area contributed by atoms with Gasteiger partial charge in [-0.3, -0.25) is 0 Å². The van der Waals surface area contributed by atoms with E-state index in [1.807, 2.05) is 6.92 Å². The molecule has 0 spiro atoms. The van der Waals surface area contributed by atoms with Crippen LogP contribution in [-0.4, -0.2) is 30.4 Å². The summed E-state index contributed by atoms with van der Waals surface area (Å²) >= 11 is 11.6. The average Bonchev–Trinajstić information content (AvgIpc) is 2.53. The zero-order valence-electron chi connectivity index (χ0n) is 13.3. The van der Waals surface area contributed by atoms with E-state index in [0.717, 1.165) is 5.56 Å². The summed E-state index contributed by atoms with van der Waals surface area (Å²) in [5.41, 5.74) is 1.78. The van der Waals surface area contributed by atoms with Crippen molar-refractivity contribution in [2.45, 2.75) is 20.8 Å². The molecule has 1 rings (SSSR count). The molecule has 0 radical (unpaired) electrons. The van der Waals surface area contributed by atoms with E-state index in [1.165, 1.54) is 19.0 Å². The largest absolute Gasteiger partial charge is 0.464 e. The third kappa shape index (κ3) is 4.65. The van der Waals surface area contributed by atoms with Gasteiger partial charge in [0, 0.05) is 6.54 Å². The first-order valence-electron chi connectivity index (χ1n) is 6.74. The van der Waals surface area contributed by atoms with Crippen LogP contribution in [0.2, 0.25) is 5.02 Å². The highest BCUT2D eigenvalue weighted by molar-refractivity contribution is 7.80. The minimum absolute atomic E-state index is 0.121. The minimum atomic E-state index is -0.570. The lowest BCUT2D eigenvalue weighted by atomic mass is 10.2. The van der Waals surface area contributed by atoms with Crippen molar-refractivity contribution in [1.29, 1.82) is 0 Å². The number of esters is 1. The molecule has 1 N–H and O–H groups in total. The molecular weight excluding hydrogens is 336 g/mol. The maximum atomic E-state index is 11.6. The highest BCUT2D eigenvalue weighted by Crippen LogP contribution is 2.33. The smallest absolute Gasteiger partial charge is 0.353 e. The molecule has 0 aliphatic carbocycles. The fraction of sp³-hybridized carbons (Fsp3) is 0.333. The Bertz CT molecular complexity index is 697. The third-order valence-electron chi connectivity index (χ3n) is 2.87. The van der Waals surface area contributed by atoms with Crippen molar-refractivity contribution in [3.05, 3.63) is 34.1 Å². The van der Waals surface area contributed by atoms with Gasteiger partial charge in [-0.25, -0.2) is 14.6 Å². The van der Waals surface area contributed by atoms with Crippen molar-refractivity contribution in [2.24, 2.45) is 5.10 Å². The Balaban J connectivity index is 3.42. The number of rotatable bonds is 4. The van der Waals surface area contributed by atoms with Gasteiger partial charge in [0.15, 0.2) is 10.8 Å². The zero-order chi connectivity index (χ0) is 17.6. The lowest BCUT2D eigenvalue weighted by Gasteiger charge is -2.22. The average molecular weight is 353 g/mol. The predicted molar refractivity (Wildman–Crippen MR) is 96.3 cm³/mol. The molecule has 0 saturated heterocycles. The molecule has 0 heterocycles. The Morgan fingerprint density at radius 1 is 1.57 bits per heavy atom. The standard InChI is InChI=1S/C15H17ClN4O2S/c1-6-18-15(23)20(19-10(3)14(21)22-5)13-7-9(2)12(17-4)8-11(13)16/h7-8H,6H2,1-3,5H3,(H,18,23). The highest BCUT2D eigenvalue weighted by Gasteiger charge is 2.18. The predicted octanol–water partition coefficient (Wildman–Crippen LogP) is 3.45. The molecule has 0 fully saturated rings. The molecule has 0 aromatic heterocycles. The maximum absolute atomic E-state index is 11.6. The van der Waals surface area contributed by atoms with Crippen molar-refractivity contribution in [3.8, 4) is 0 Å². The number of methoxy groups -OCH3 is 1. The molecule has 122 valence electrons. The Morgan fingerprint density at radius 2 is 2.22 bits per heavy atom. The van der Waals surface area contributed by atoms with E-state index in [9.17, 15) is 4.79 Å². The monoisotopic (exact) mass is 352 g/mol. The molecule has 1 aromatic carbocycles. The first kappa shape index (κ1) is 18.9. The molecule has 8 heteroatoms. The summed E-state index contributed by atoms with van der Waals surface area (Å²) in [5.74, 6) is -0.570. The number of benzene rings is 1. The minimum Gasteiger partial charge on any atom is -0.464 e. The first-order chi connectivity index (χ1) is 10.8. The van der Waals surface area contributed by atoms with Crippen LogP contribution < -0.4 is 10.3 Å². The van der Waals surface area contributed by atoms with Crippen molar-refractivity contribution in [2.75, 3.05) is 18.7 Å². The number of nitrogens with zero attached hydrogens (tertiary/aromatic N) is 3. The van der Waals surface area contributed by atoms with Crippen molar-refractivity contribution < 1.29 is 9.53 Å². The summed E-state index contributed by atoms with van der Waals surface area (Å²) in [7, 11) is 1.27. The van der Waals surface area contributed by atoms with E-state index in [-0.39, 0.29) is 10.8 Å². The molecule has 0 unspecified atom stereocenters. The zero-order valence-corrected chi connectivity index (χ0v) is 14.9. The topological polar surface area (TPSA) is 58.3 Å². The van der Waals surface area contributed by atoms with Gasteiger partial charge >= 0.3 is 5.97 Å². The summed E-state index contributed by atoms with van der Waals surface area (Å²) in [6.45, 7) is 12.9. The van der Waals surface area contributed by atoms with E-state index in [0.29, 0.717) is 22.9 Å². The van der Waals surface area contributed by atoms with Crippen LogP contribution >= 0.6 is 23.8 Å². The van der Waals surface area contributed by atoms with Gasteiger partial charge in [0.25, 0.3) is 0 Å². The Hall–Kier alpha value is -2.17. The molecule has 0 aliphatic rings. The number of hydrazone groups is 1. The molecule has 0 atom stereocenters.